The van der Waals surface area contributed by atoms with Gasteiger partial charge in [-0.2, -0.15) is 17.4 Å². The third-order valence-electron chi connectivity index (χ3n) is 4.77. The van der Waals surface area contributed by atoms with E-state index >= 15 is 0 Å². The van der Waals surface area contributed by atoms with Gasteiger partial charge in [-0.3, -0.25) is 4.79 Å². The summed E-state index contributed by atoms with van der Waals surface area (Å²) in [7, 11) is -5.47. The van der Waals surface area contributed by atoms with E-state index < -0.39 is 46.8 Å². The van der Waals surface area contributed by atoms with Crippen molar-refractivity contribution >= 4 is 23.3 Å². The van der Waals surface area contributed by atoms with Crippen LogP contribution in [0.1, 0.15) is 12.8 Å². The Hall–Kier alpha value is -0.795. The molecule has 0 aromatic carbocycles. The van der Waals surface area contributed by atoms with Crippen molar-refractivity contribution in [2.75, 3.05) is 26.3 Å². The van der Waals surface area contributed by atoms with E-state index in [-0.39, 0.29) is 39.0 Å². The Morgan fingerprint density at radius 1 is 1.40 bits per heavy atom. The molecule has 0 unspecified atom stereocenters. The highest BCUT2D eigenvalue weighted by Gasteiger charge is 2.52. The second-order valence-electron chi connectivity index (χ2n) is 6.68. The monoisotopic (exact) mass is 380 g/mol. The van der Waals surface area contributed by atoms with Gasteiger partial charge in [0.25, 0.3) is 10.2 Å². The van der Waals surface area contributed by atoms with Crippen molar-refractivity contribution in [1.29, 1.82) is 0 Å². The van der Waals surface area contributed by atoms with Crippen molar-refractivity contribution in [3.63, 3.8) is 0 Å². The Kier molecular flexibility index (Phi) is 6.43. The first kappa shape index (κ1) is 20.5. The molecule has 8 N–H and O–H groups in total. The predicted octanol–water partition coefficient (Wildman–Crippen LogP) is -3.49. The number of carboxylic acids is 1. The molecule has 144 valence electrons. The van der Waals surface area contributed by atoms with Crippen LogP contribution in [0.4, 0.5) is 0 Å². The number of ether oxygens (including phenoxy) is 1. The maximum Gasteiger partial charge on any atom is 0.451 e. The summed E-state index contributed by atoms with van der Waals surface area (Å²) in [6.45, 7) is -0.0384. The van der Waals surface area contributed by atoms with Crippen molar-refractivity contribution in [2.45, 2.75) is 36.8 Å². The Morgan fingerprint density at radius 2 is 2.08 bits per heavy atom. The van der Waals surface area contributed by atoms with Crippen LogP contribution in [-0.2, 0) is 19.7 Å². The molecule has 2 aliphatic heterocycles. The SMILES string of the molecule is N[C@H]1COC[C@H]1NS(=O)(=O)N1C[C@@H](CCCB(O)O)[C@@](N)(C(=O)O)C1. The average molecular weight is 380 g/mol. The van der Waals surface area contributed by atoms with Crippen molar-refractivity contribution < 1.29 is 33.1 Å². The van der Waals surface area contributed by atoms with E-state index in [2.05, 4.69) is 4.72 Å². The number of rotatable bonds is 8. The average Bonchev–Trinajstić information content (AvgIpc) is 3.04. The Bertz CT molecular complexity index is 592. The van der Waals surface area contributed by atoms with Gasteiger partial charge < -0.3 is 31.4 Å². The second-order valence-corrected chi connectivity index (χ2v) is 8.38. The quantitative estimate of drug-likeness (QED) is 0.232. The van der Waals surface area contributed by atoms with Gasteiger partial charge in [0.2, 0.25) is 0 Å². The molecule has 2 fully saturated rings. The third-order valence-corrected chi connectivity index (χ3v) is 6.33. The number of nitrogens with one attached hydrogen (secondary N) is 1. The van der Waals surface area contributed by atoms with Gasteiger partial charge in [-0.1, -0.05) is 6.42 Å². The molecule has 25 heavy (non-hydrogen) atoms. The fourth-order valence-corrected chi connectivity index (χ4v) is 4.71. The molecule has 2 heterocycles. The van der Waals surface area contributed by atoms with E-state index in [1.165, 1.54) is 0 Å². The van der Waals surface area contributed by atoms with Gasteiger partial charge in [0, 0.05) is 25.0 Å². The van der Waals surface area contributed by atoms with Gasteiger partial charge >= 0.3 is 13.1 Å². The van der Waals surface area contributed by atoms with E-state index in [0.29, 0.717) is 6.42 Å². The molecule has 13 heteroatoms. The minimum atomic E-state index is -3.97. The molecular weight excluding hydrogens is 355 g/mol. The summed E-state index contributed by atoms with van der Waals surface area (Å²) in [4.78, 5) is 11.6. The molecule has 2 aliphatic rings. The molecule has 0 saturated carbocycles. The van der Waals surface area contributed by atoms with Gasteiger partial charge in [-0.05, 0) is 12.7 Å². The van der Waals surface area contributed by atoms with Gasteiger partial charge in [0.05, 0.1) is 19.3 Å². The molecule has 2 rings (SSSR count). The third kappa shape index (κ3) is 4.68. The van der Waals surface area contributed by atoms with Crippen molar-refractivity contribution in [3.8, 4) is 0 Å². The number of hydrogen-bond acceptors (Lipinski definition) is 8. The van der Waals surface area contributed by atoms with Gasteiger partial charge in [0.15, 0.2) is 0 Å². The van der Waals surface area contributed by atoms with E-state index in [1.54, 1.807) is 0 Å². The summed E-state index contributed by atoms with van der Waals surface area (Å²) < 4.78 is 33.7. The van der Waals surface area contributed by atoms with Gasteiger partial charge in [-0.25, -0.2) is 0 Å². The molecule has 2 saturated heterocycles. The van der Waals surface area contributed by atoms with Crippen molar-refractivity contribution in [3.05, 3.63) is 0 Å². The molecular formula is C12H25BN4O7S. The summed E-state index contributed by atoms with van der Waals surface area (Å²) in [5.74, 6) is -1.94. The molecule has 4 atom stereocenters. The fourth-order valence-electron chi connectivity index (χ4n) is 3.17. The highest BCUT2D eigenvalue weighted by atomic mass is 32.2. The Balaban J connectivity index is 2.07. The van der Waals surface area contributed by atoms with Crippen LogP contribution in [0, 0.1) is 5.92 Å². The van der Waals surface area contributed by atoms with Gasteiger partial charge in [-0.15, -0.1) is 0 Å². The molecule has 0 aromatic heterocycles. The van der Waals surface area contributed by atoms with Crippen LogP contribution in [0.25, 0.3) is 0 Å². The zero-order chi connectivity index (χ0) is 18.8. The lowest BCUT2D eigenvalue weighted by atomic mass is 9.78. The standard InChI is InChI=1S/C12H25BN4O7S/c14-9-5-24-6-10(9)16-25(22,23)17-4-8(2-1-3-13(20)21)12(15,7-17)11(18)19/h8-10,16,20-21H,1-7,14-15H2,(H,18,19)/t8-,9+,10-,12-/m1/s1. The number of carboxylic acid groups (broad SMARTS) is 1. The van der Waals surface area contributed by atoms with Crippen molar-refractivity contribution in [2.24, 2.45) is 17.4 Å². The first-order valence-electron chi connectivity index (χ1n) is 8.05. The van der Waals surface area contributed by atoms with Crippen LogP contribution < -0.4 is 16.2 Å². The normalized spacial score (nSPS) is 33.7. The summed E-state index contributed by atoms with van der Waals surface area (Å²) >= 11 is 0. The van der Waals surface area contributed by atoms with Crippen LogP contribution in [0.15, 0.2) is 0 Å². The first-order valence-corrected chi connectivity index (χ1v) is 9.49. The molecule has 0 spiro atoms. The largest absolute Gasteiger partial charge is 0.480 e. The van der Waals surface area contributed by atoms with E-state index in [4.69, 9.17) is 26.3 Å². The number of nitrogens with zero attached hydrogens (tertiary/aromatic N) is 1. The minimum Gasteiger partial charge on any atom is -0.480 e. The Labute approximate surface area is 146 Å². The van der Waals surface area contributed by atoms with Crippen LogP contribution in [0.2, 0.25) is 6.32 Å². The minimum absolute atomic E-state index is 0.0610. The summed E-state index contributed by atoms with van der Waals surface area (Å²) in [5.41, 5.74) is 10.0. The molecule has 0 radical (unpaired) electrons. The van der Waals surface area contributed by atoms with Gasteiger partial charge in [0.1, 0.15) is 5.54 Å². The maximum absolute atomic E-state index is 12.5. The topological polar surface area (TPSA) is 188 Å². The van der Waals surface area contributed by atoms with Crippen LogP contribution in [-0.4, -0.2) is 84.9 Å². The summed E-state index contributed by atoms with van der Waals surface area (Å²) in [6, 6.07) is -1.05. The highest BCUT2D eigenvalue weighted by molar-refractivity contribution is 7.87. The lowest BCUT2D eigenvalue weighted by Crippen LogP contribution is -2.56. The maximum atomic E-state index is 12.5. The van der Waals surface area contributed by atoms with E-state index in [1.807, 2.05) is 0 Å². The second kappa shape index (κ2) is 7.84. The van der Waals surface area contributed by atoms with E-state index in [9.17, 15) is 18.3 Å². The molecule has 0 amide bonds. The zero-order valence-electron chi connectivity index (χ0n) is 13.7. The number of aliphatic carboxylic acids is 1. The van der Waals surface area contributed by atoms with Crippen LogP contribution >= 0.6 is 0 Å². The molecule has 0 aliphatic carbocycles. The van der Waals surface area contributed by atoms with Crippen LogP contribution in [0.5, 0.6) is 0 Å². The first-order chi connectivity index (χ1) is 11.6. The lowest BCUT2D eigenvalue weighted by Gasteiger charge is -2.25. The zero-order valence-corrected chi connectivity index (χ0v) is 14.6. The predicted molar refractivity (Wildman–Crippen MR) is 88.5 cm³/mol. The Morgan fingerprint density at radius 3 is 2.60 bits per heavy atom. The van der Waals surface area contributed by atoms with Crippen molar-refractivity contribution in [1.82, 2.24) is 9.03 Å². The molecule has 0 aromatic rings. The fraction of sp³-hybridized carbons (Fsp3) is 0.917. The summed E-state index contributed by atoms with van der Waals surface area (Å²) in [5, 5.41) is 27.3. The number of nitrogens with two attached hydrogens (primary N) is 2. The van der Waals surface area contributed by atoms with Crippen LogP contribution in [0.3, 0.4) is 0 Å². The molecule has 11 nitrogen and oxygen atoms in total. The lowest BCUT2D eigenvalue weighted by molar-refractivity contribution is -0.144. The smallest absolute Gasteiger partial charge is 0.451 e. The molecule has 0 bridgehead atoms. The highest BCUT2D eigenvalue weighted by Crippen LogP contribution is 2.32. The van der Waals surface area contributed by atoms with E-state index in [0.717, 1.165) is 4.31 Å². The number of hydrogen-bond donors (Lipinski definition) is 6. The number of carbonyl (C=O) groups is 1. The summed E-state index contributed by atoms with van der Waals surface area (Å²) in [6.07, 6.45) is 0.640.